The van der Waals surface area contributed by atoms with Gasteiger partial charge in [-0.25, -0.2) is 4.39 Å². The van der Waals surface area contributed by atoms with Crippen molar-refractivity contribution in [3.63, 3.8) is 0 Å². The topological polar surface area (TPSA) is 89.4 Å². The van der Waals surface area contributed by atoms with E-state index < -0.39 is 52.9 Å². The molecule has 0 aliphatic heterocycles. The van der Waals surface area contributed by atoms with Crippen LogP contribution in [0.4, 0.5) is 35.1 Å². The molecule has 0 aromatic rings. The first kappa shape index (κ1) is 24.6. The predicted octanol–water partition coefficient (Wildman–Crippen LogP) is 4.51. The monoisotopic (exact) mass is 383 g/mol. The van der Waals surface area contributed by atoms with Crippen LogP contribution in [-0.2, 0) is 10.1 Å². The van der Waals surface area contributed by atoms with Crippen LogP contribution in [0.25, 0.3) is 0 Å². The van der Waals surface area contributed by atoms with Crippen LogP contribution in [0, 0.1) is 0 Å². The van der Waals surface area contributed by atoms with Crippen LogP contribution in [0.15, 0.2) is 0 Å². The Morgan fingerprint density at radius 1 is 0.870 bits per heavy atom. The molecule has 142 valence electrons. The quantitative estimate of drug-likeness (QED) is 0.348. The van der Waals surface area contributed by atoms with Crippen molar-refractivity contribution in [1.82, 2.24) is 6.15 Å². The molecule has 23 heavy (non-hydrogen) atoms. The lowest BCUT2D eigenvalue weighted by Gasteiger charge is -2.26. The van der Waals surface area contributed by atoms with Gasteiger partial charge in [-0.3, -0.25) is 4.55 Å². The first-order valence-electron chi connectivity index (χ1n) is 6.06. The highest BCUT2D eigenvalue weighted by molar-refractivity contribution is 7.87. The summed E-state index contributed by atoms with van der Waals surface area (Å²) in [4.78, 5) is 0. The Kier molecular flexibility index (Phi) is 8.99. The highest BCUT2D eigenvalue weighted by Crippen LogP contribution is 2.43. The zero-order chi connectivity index (χ0) is 17.8. The van der Waals surface area contributed by atoms with Crippen LogP contribution in [0.2, 0.25) is 0 Å². The largest absolute Gasteiger partial charge is 0.434 e. The fourth-order valence-corrected chi connectivity index (χ4v) is 2.01. The Balaban J connectivity index is 0. The summed E-state index contributed by atoms with van der Waals surface area (Å²) in [7, 11) is -6.51. The Labute approximate surface area is 127 Å². The third-order valence-electron chi connectivity index (χ3n) is 2.77. The van der Waals surface area contributed by atoms with Gasteiger partial charge in [0.1, 0.15) is 0 Å². The molecule has 0 heterocycles. The van der Waals surface area contributed by atoms with Gasteiger partial charge in [0.2, 0.25) is 0 Å². The van der Waals surface area contributed by atoms with Crippen LogP contribution in [-0.4, -0.2) is 36.5 Å². The van der Waals surface area contributed by atoms with E-state index in [1.165, 1.54) is 0 Å². The van der Waals surface area contributed by atoms with E-state index in [4.69, 9.17) is 4.55 Å². The van der Waals surface area contributed by atoms with Crippen LogP contribution < -0.4 is 6.15 Å². The molecule has 0 aromatic carbocycles. The molecule has 0 rings (SSSR count). The van der Waals surface area contributed by atoms with Crippen molar-refractivity contribution in [3.05, 3.63) is 0 Å². The Morgan fingerprint density at radius 2 is 1.30 bits per heavy atom. The van der Waals surface area contributed by atoms with Gasteiger partial charge in [-0.05, 0) is 12.8 Å². The molecule has 1 atom stereocenters. The maximum absolute atomic E-state index is 13.1. The van der Waals surface area contributed by atoms with Gasteiger partial charge in [0.25, 0.3) is 0 Å². The van der Waals surface area contributed by atoms with Gasteiger partial charge in [-0.15, -0.1) is 0 Å². The summed E-state index contributed by atoms with van der Waals surface area (Å²) >= 11 is 0. The Hall–Kier alpha value is -0.690. The van der Waals surface area contributed by atoms with Crippen molar-refractivity contribution in [1.29, 1.82) is 0 Å². The predicted molar refractivity (Wildman–Crippen MR) is 65.1 cm³/mol. The summed E-state index contributed by atoms with van der Waals surface area (Å²) in [5, 5.41) is -5.99. The van der Waals surface area contributed by atoms with E-state index in [0.29, 0.717) is 0 Å². The maximum atomic E-state index is 13.1. The smallest absolute Gasteiger partial charge is 0.344 e. The van der Waals surface area contributed by atoms with Crippen molar-refractivity contribution in [3.8, 4) is 0 Å². The highest BCUT2D eigenvalue weighted by Gasteiger charge is 2.69. The summed E-state index contributed by atoms with van der Waals surface area (Å²) in [5.74, 6) is -5.65. The molecule has 0 spiro atoms. The lowest BCUT2D eigenvalue weighted by Crippen LogP contribution is -2.52. The van der Waals surface area contributed by atoms with Gasteiger partial charge >= 0.3 is 27.5 Å². The zero-order valence-electron chi connectivity index (χ0n) is 11.7. The fraction of sp³-hybridized carbons (Fsp3) is 1.00. The highest BCUT2D eigenvalue weighted by atomic mass is 32.2. The van der Waals surface area contributed by atoms with Crippen LogP contribution in [0.3, 0.4) is 0 Å². The number of hydrogen-bond acceptors (Lipinski definition) is 3. The first-order chi connectivity index (χ1) is 9.63. The zero-order valence-corrected chi connectivity index (χ0v) is 12.5. The summed E-state index contributed by atoms with van der Waals surface area (Å²) in [6.07, 6.45) is -11.2. The molecule has 0 fully saturated rings. The van der Waals surface area contributed by atoms with E-state index in [1.807, 2.05) is 0 Å². The molecule has 0 amide bonds. The van der Waals surface area contributed by atoms with E-state index in [2.05, 4.69) is 0 Å². The normalized spacial score (nSPS) is 15.2. The van der Waals surface area contributed by atoms with Crippen molar-refractivity contribution < 1.29 is 48.1 Å². The van der Waals surface area contributed by atoms with Crippen LogP contribution >= 0.6 is 0 Å². The summed E-state index contributed by atoms with van der Waals surface area (Å²) in [5.41, 5.74) is 0. The number of halogens is 8. The number of hydrogen-bond donors (Lipinski definition) is 2. The molecule has 0 aliphatic rings. The van der Waals surface area contributed by atoms with E-state index in [9.17, 15) is 43.5 Å². The molecule has 1 unspecified atom stereocenters. The van der Waals surface area contributed by atoms with Gasteiger partial charge in [0.05, 0.1) is 0 Å². The first-order valence-corrected chi connectivity index (χ1v) is 7.50. The van der Waals surface area contributed by atoms with Gasteiger partial charge in [-0.2, -0.15) is 39.2 Å². The van der Waals surface area contributed by atoms with E-state index >= 15 is 0 Å². The molecule has 0 bridgehead atoms. The Morgan fingerprint density at radius 3 is 1.70 bits per heavy atom. The summed E-state index contributed by atoms with van der Waals surface area (Å²) in [6.45, 7) is 0. The third-order valence-corrected chi connectivity index (χ3v) is 3.69. The van der Waals surface area contributed by atoms with Gasteiger partial charge in [-0.1, -0.05) is 19.3 Å². The SMILES string of the molecule is N.O=S(=O)(O)C(F)(F)C(F)(F)C(F)CCCCCCC(F)(F)F. The van der Waals surface area contributed by atoms with Crippen molar-refractivity contribution in [2.45, 2.75) is 62.0 Å². The van der Waals surface area contributed by atoms with E-state index in [0.717, 1.165) is 0 Å². The fourth-order valence-electron chi connectivity index (χ4n) is 1.54. The van der Waals surface area contributed by atoms with Crippen LogP contribution in [0.5, 0.6) is 0 Å². The summed E-state index contributed by atoms with van der Waals surface area (Å²) < 4.78 is 128. The van der Waals surface area contributed by atoms with Crippen molar-refractivity contribution >= 4 is 10.1 Å². The van der Waals surface area contributed by atoms with Gasteiger partial charge < -0.3 is 6.15 Å². The Bertz CT molecular complexity index is 452. The molecular weight excluding hydrogens is 366 g/mol. The average Bonchev–Trinajstić information content (AvgIpc) is 2.30. The molecule has 0 aliphatic carbocycles. The molecule has 4 N–H and O–H groups in total. The number of alkyl halides is 8. The molecule has 0 radical (unpaired) electrons. The molecule has 0 saturated carbocycles. The average molecular weight is 383 g/mol. The lowest BCUT2D eigenvalue weighted by molar-refractivity contribution is -0.198. The molecule has 0 aromatic heterocycles. The van der Waals surface area contributed by atoms with Gasteiger partial charge in [0, 0.05) is 6.42 Å². The van der Waals surface area contributed by atoms with E-state index in [1.54, 1.807) is 0 Å². The second-order valence-electron chi connectivity index (χ2n) is 4.65. The molecule has 0 saturated heterocycles. The molecule has 4 nitrogen and oxygen atoms in total. The second-order valence-corrected chi connectivity index (χ2v) is 6.11. The van der Waals surface area contributed by atoms with Crippen LogP contribution in [0.1, 0.15) is 38.5 Å². The maximum Gasteiger partial charge on any atom is 0.434 e. The van der Waals surface area contributed by atoms with Crippen molar-refractivity contribution in [2.24, 2.45) is 0 Å². The molecular formula is C10H17F8NO3S. The second kappa shape index (κ2) is 8.42. The summed E-state index contributed by atoms with van der Waals surface area (Å²) in [6, 6.07) is 0. The van der Waals surface area contributed by atoms with E-state index in [-0.39, 0.29) is 25.4 Å². The third kappa shape index (κ3) is 7.16. The number of rotatable bonds is 9. The van der Waals surface area contributed by atoms with Crippen molar-refractivity contribution in [2.75, 3.05) is 0 Å². The minimum atomic E-state index is -6.51. The standard InChI is InChI=1S/C10H14F8O3S.H3N/c11-7(5-3-1-2-4-6-8(12,13)14)9(15,16)10(17,18)22(19,20)21;/h7H,1-6H2,(H,19,20,21);1H3. The molecule has 13 heteroatoms. The minimum absolute atomic E-state index is 0. The lowest BCUT2D eigenvalue weighted by atomic mass is 10.0. The minimum Gasteiger partial charge on any atom is -0.344 e. The van der Waals surface area contributed by atoms with Gasteiger partial charge in [0.15, 0.2) is 6.17 Å². The number of unbranched alkanes of at least 4 members (excludes halogenated alkanes) is 3.